The van der Waals surface area contributed by atoms with E-state index in [0.29, 0.717) is 11.6 Å². The van der Waals surface area contributed by atoms with Gasteiger partial charge in [0.1, 0.15) is 12.3 Å². The molecule has 7 nitrogen and oxygen atoms in total. The summed E-state index contributed by atoms with van der Waals surface area (Å²) in [5.74, 6) is 1.04. The van der Waals surface area contributed by atoms with Gasteiger partial charge in [0, 0.05) is 18.3 Å². The lowest BCUT2D eigenvalue weighted by molar-refractivity contribution is -0.116. The van der Waals surface area contributed by atoms with Crippen LogP contribution >= 0.6 is 0 Å². The van der Waals surface area contributed by atoms with Crippen molar-refractivity contribution in [3.8, 4) is 0 Å². The van der Waals surface area contributed by atoms with Gasteiger partial charge in [0.25, 0.3) is 0 Å². The Morgan fingerprint density at radius 2 is 1.79 bits per heavy atom. The number of urea groups is 1. The Morgan fingerprint density at radius 1 is 1.17 bits per heavy atom. The van der Waals surface area contributed by atoms with Gasteiger partial charge in [-0.3, -0.25) is 4.79 Å². The highest BCUT2D eigenvalue weighted by Crippen LogP contribution is 2.32. The predicted molar refractivity (Wildman–Crippen MR) is 115 cm³/mol. The molecule has 0 atom stereocenters. The van der Waals surface area contributed by atoms with E-state index in [1.165, 1.54) is 4.90 Å². The number of nitrogens with one attached hydrogen (secondary N) is 2. The molecule has 156 valence electrons. The van der Waals surface area contributed by atoms with Gasteiger partial charge in [-0.1, -0.05) is 57.1 Å². The number of para-hydroxylation sites is 1. The summed E-state index contributed by atoms with van der Waals surface area (Å²) in [5.41, 5.74) is 2.93. The maximum atomic E-state index is 13.0. The topological polar surface area (TPSA) is 87.5 Å². The molecule has 0 fully saturated rings. The lowest BCUT2D eigenvalue weighted by Gasteiger charge is -2.25. The third-order valence-corrected chi connectivity index (χ3v) is 4.47. The van der Waals surface area contributed by atoms with Crippen LogP contribution in [0.5, 0.6) is 0 Å². The molecule has 2 N–H and O–H groups in total. The summed E-state index contributed by atoms with van der Waals surface area (Å²) in [6.45, 7) is 13.9. The van der Waals surface area contributed by atoms with Gasteiger partial charge in [-0.15, -0.1) is 6.58 Å². The van der Waals surface area contributed by atoms with Crippen LogP contribution in [0.15, 0.2) is 41.4 Å². The summed E-state index contributed by atoms with van der Waals surface area (Å²) in [7, 11) is 0. The first-order valence-electron chi connectivity index (χ1n) is 9.75. The zero-order valence-corrected chi connectivity index (χ0v) is 17.8. The molecule has 0 radical (unpaired) electrons. The second-order valence-electron chi connectivity index (χ2n) is 7.59. The number of aromatic nitrogens is 1. The molecular weight excluding hydrogens is 368 g/mol. The lowest BCUT2D eigenvalue weighted by Crippen LogP contribution is -2.41. The normalized spacial score (nSPS) is 10.9. The van der Waals surface area contributed by atoms with E-state index in [0.717, 1.165) is 16.8 Å². The fraction of sp³-hybridized carbons (Fsp3) is 0.409. The van der Waals surface area contributed by atoms with Crippen molar-refractivity contribution < 1.29 is 14.1 Å². The largest absolute Gasteiger partial charge is 0.360 e. The van der Waals surface area contributed by atoms with Gasteiger partial charge in [0.05, 0.1) is 0 Å². The first-order valence-corrected chi connectivity index (χ1v) is 9.75. The summed E-state index contributed by atoms with van der Waals surface area (Å²) in [6, 6.07) is 7.30. The van der Waals surface area contributed by atoms with Gasteiger partial charge in [-0.05, 0) is 29.9 Å². The number of amides is 3. The first kappa shape index (κ1) is 22.2. The Morgan fingerprint density at radius 3 is 2.28 bits per heavy atom. The molecule has 0 aliphatic carbocycles. The van der Waals surface area contributed by atoms with Crippen molar-refractivity contribution in [1.82, 2.24) is 10.1 Å². The fourth-order valence-electron chi connectivity index (χ4n) is 3.04. The molecule has 0 aliphatic heterocycles. The first-order chi connectivity index (χ1) is 13.7. The molecule has 0 unspecified atom stereocenters. The number of nitrogens with zero attached hydrogens (tertiary/aromatic N) is 2. The average Bonchev–Trinajstić information content (AvgIpc) is 3.05. The van der Waals surface area contributed by atoms with Crippen LogP contribution in [0.4, 0.5) is 16.3 Å². The molecule has 0 saturated carbocycles. The minimum Gasteiger partial charge on any atom is -0.360 e. The molecule has 1 aromatic heterocycles. The quantitative estimate of drug-likeness (QED) is 0.620. The van der Waals surface area contributed by atoms with Crippen LogP contribution in [0.3, 0.4) is 0 Å². The van der Waals surface area contributed by atoms with Crippen LogP contribution in [-0.2, 0) is 4.79 Å². The van der Waals surface area contributed by atoms with E-state index in [-0.39, 0.29) is 36.9 Å². The second-order valence-corrected chi connectivity index (χ2v) is 7.59. The summed E-state index contributed by atoms with van der Waals surface area (Å²) >= 11 is 0. The summed E-state index contributed by atoms with van der Waals surface area (Å²) in [4.78, 5) is 26.8. The number of anilines is 2. The molecule has 7 heteroatoms. The number of carbonyl (C=O) groups excluding carboxylic acids is 2. The van der Waals surface area contributed by atoms with Gasteiger partial charge in [0.2, 0.25) is 5.91 Å². The molecule has 2 aromatic rings. The monoisotopic (exact) mass is 398 g/mol. The molecule has 1 heterocycles. The maximum absolute atomic E-state index is 13.0. The number of rotatable bonds is 8. The molecule has 0 spiro atoms. The standard InChI is InChI=1S/C22H30N4O3/c1-7-11-26(13-20(27)23-19-12-16(6)29-25-19)22(28)24-21-17(14(2)3)9-8-10-18(21)15(4)5/h7-10,12,14-15H,1,11,13H2,2-6H3,(H,24,28)(H,23,25,27). The molecule has 0 aliphatic rings. The molecule has 2 rings (SSSR count). The second kappa shape index (κ2) is 9.91. The number of hydrogen-bond acceptors (Lipinski definition) is 4. The Balaban J connectivity index is 2.19. The van der Waals surface area contributed by atoms with Crippen molar-refractivity contribution in [2.75, 3.05) is 23.7 Å². The Kier molecular flexibility index (Phi) is 7.59. The van der Waals surface area contributed by atoms with Crippen LogP contribution in [0.1, 0.15) is 56.4 Å². The SMILES string of the molecule is C=CCN(CC(=O)Nc1cc(C)on1)C(=O)Nc1c(C(C)C)cccc1C(C)C. The smallest absolute Gasteiger partial charge is 0.322 e. The van der Waals surface area contributed by atoms with Gasteiger partial charge in [-0.2, -0.15) is 0 Å². The van der Waals surface area contributed by atoms with Gasteiger partial charge >= 0.3 is 6.03 Å². The van der Waals surface area contributed by atoms with E-state index < -0.39 is 0 Å². The van der Waals surface area contributed by atoms with Crippen molar-refractivity contribution in [3.05, 3.63) is 53.8 Å². The molecule has 1 aromatic carbocycles. The van der Waals surface area contributed by atoms with Crippen molar-refractivity contribution in [2.24, 2.45) is 0 Å². The molecule has 3 amide bonds. The van der Waals surface area contributed by atoms with Crippen molar-refractivity contribution in [1.29, 1.82) is 0 Å². The highest BCUT2D eigenvalue weighted by molar-refractivity contribution is 5.97. The van der Waals surface area contributed by atoms with Crippen LogP contribution in [0.25, 0.3) is 0 Å². The number of benzene rings is 1. The number of aryl methyl sites for hydroxylation is 1. The molecule has 29 heavy (non-hydrogen) atoms. The van der Waals surface area contributed by atoms with Gasteiger partial charge in [0.15, 0.2) is 5.82 Å². The minimum absolute atomic E-state index is 0.134. The van der Waals surface area contributed by atoms with E-state index in [1.54, 1.807) is 19.1 Å². The molecule has 0 bridgehead atoms. The highest BCUT2D eigenvalue weighted by atomic mass is 16.5. The van der Waals surface area contributed by atoms with Gasteiger partial charge in [-0.25, -0.2) is 4.79 Å². The third kappa shape index (κ3) is 5.94. The van der Waals surface area contributed by atoms with E-state index >= 15 is 0 Å². The fourth-order valence-corrected chi connectivity index (χ4v) is 3.04. The van der Waals surface area contributed by atoms with E-state index in [2.05, 4.69) is 50.1 Å². The average molecular weight is 399 g/mol. The van der Waals surface area contributed by atoms with Crippen molar-refractivity contribution in [3.63, 3.8) is 0 Å². The summed E-state index contributed by atoms with van der Waals surface area (Å²) < 4.78 is 4.94. The Hall–Kier alpha value is -3.09. The Labute approximate surface area is 172 Å². The van der Waals surface area contributed by atoms with E-state index in [1.807, 2.05) is 18.2 Å². The molecule has 0 saturated heterocycles. The zero-order chi connectivity index (χ0) is 21.6. The number of hydrogen-bond donors (Lipinski definition) is 2. The van der Waals surface area contributed by atoms with Crippen LogP contribution < -0.4 is 10.6 Å². The van der Waals surface area contributed by atoms with Crippen molar-refractivity contribution >= 4 is 23.4 Å². The minimum atomic E-state index is -0.364. The van der Waals surface area contributed by atoms with Crippen LogP contribution in [0.2, 0.25) is 0 Å². The Bertz CT molecular complexity index is 844. The van der Waals surface area contributed by atoms with E-state index in [9.17, 15) is 9.59 Å². The highest BCUT2D eigenvalue weighted by Gasteiger charge is 2.21. The van der Waals surface area contributed by atoms with Crippen molar-refractivity contribution in [2.45, 2.75) is 46.5 Å². The van der Waals surface area contributed by atoms with E-state index in [4.69, 9.17) is 4.52 Å². The zero-order valence-electron chi connectivity index (χ0n) is 17.8. The molecular formula is C22H30N4O3. The van der Waals surface area contributed by atoms with Gasteiger partial charge < -0.3 is 20.1 Å². The summed E-state index contributed by atoms with van der Waals surface area (Å²) in [5, 5.41) is 9.39. The van der Waals surface area contributed by atoms with Crippen LogP contribution in [0, 0.1) is 6.92 Å². The summed E-state index contributed by atoms with van der Waals surface area (Å²) in [6.07, 6.45) is 1.59. The maximum Gasteiger partial charge on any atom is 0.322 e. The lowest BCUT2D eigenvalue weighted by atomic mass is 9.93. The number of carbonyl (C=O) groups is 2. The third-order valence-electron chi connectivity index (χ3n) is 4.47. The predicted octanol–water partition coefficient (Wildman–Crippen LogP) is 4.89. The van der Waals surface area contributed by atoms with Crippen LogP contribution in [-0.4, -0.2) is 35.1 Å².